The van der Waals surface area contributed by atoms with Crippen LogP contribution >= 0.6 is 0 Å². The van der Waals surface area contributed by atoms with Crippen molar-refractivity contribution in [2.24, 2.45) is 0 Å². The van der Waals surface area contributed by atoms with Crippen molar-refractivity contribution < 1.29 is 4.74 Å². The van der Waals surface area contributed by atoms with Gasteiger partial charge in [-0.05, 0) is 29.3 Å². The summed E-state index contributed by atoms with van der Waals surface area (Å²) in [5.41, 5.74) is 4.47. The highest BCUT2D eigenvalue weighted by atomic mass is 16.5. The predicted octanol–water partition coefficient (Wildman–Crippen LogP) is 4.12. The Balaban J connectivity index is 1.46. The van der Waals surface area contributed by atoms with Gasteiger partial charge < -0.3 is 15.0 Å². The van der Waals surface area contributed by atoms with E-state index >= 15 is 0 Å². The normalized spacial score (nSPS) is 10.6. The Labute approximate surface area is 162 Å². The number of nitrogens with one attached hydrogen (secondary N) is 2. The Hall–Kier alpha value is -3.92. The molecule has 4 aromatic heterocycles. The molecule has 0 fully saturated rings. The molecule has 0 saturated carbocycles. The fourth-order valence-corrected chi connectivity index (χ4v) is 3.04. The molecule has 0 saturated heterocycles. The lowest BCUT2D eigenvalue weighted by molar-refractivity contribution is 0.393. The van der Waals surface area contributed by atoms with Gasteiger partial charge in [0.1, 0.15) is 11.5 Å². The lowest BCUT2D eigenvalue weighted by Gasteiger charge is -2.09. The Morgan fingerprint density at radius 1 is 1.14 bits per heavy atom. The number of aromatic amines is 1. The van der Waals surface area contributed by atoms with Crippen LogP contribution in [0.5, 0.6) is 5.88 Å². The second-order valence-electron chi connectivity index (χ2n) is 6.27. The summed E-state index contributed by atoms with van der Waals surface area (Å²) in [6.07, 6.45) is 7.79. The maximum Gasteiger partial charge on any atom is 0.218 e. The number of hydrogen-bond acceptors (Lipinski definition) is 5. The summed E-state index contributed by atoms with van der Waals surface area (Å²) in [6, 6.07) is 9.71. The number of hydrogen-bond donors (Lipinski definition) is 2. The van der Waals surface area contributed by atoms with E-state index in [9.17, 15) is 0 Å². The number of anilines is 1. The molecule has 4 aromatic rings. The van der Waals surface area contributed by atoms with Crippen molar-refractivity contribution in [2.45, 2.75) is 13.0 Å². The molecular weight excluding hydrogens is 352 g/mol. The first kappa shape index (κ1) is 17.5. The van der Waals surface area contributed by atoms with Crippen LogP contribution < -0.4 is 10.1 Å². The lowest BCUT2D eigenvalue weighted by Crippen LogP contribution is -2.04. The number of nitrogens with zero attached hydrogens (tertiary/aromatic N) is 4. The van der Waals surface area contributed by atoms with E-state index in [1.54, 1.807) is 19.5 Å². The summed E-state index contributed by atoms with van der Waals surface area (Å²) in [7, 11) is 1.61. The van der Waals surface area contributed by atoms with Crippen molar-refractivity contribution in [1.29, 1.82) is 0 Å². The Bertz CT molecular complexity index is 1140. The molecule has 7 heteroatoms. The Morgan fingerprint density at radius 2 is 2.07 bits per heavy atom. The summed E-state index contributed by atoms with van der Waals surface area (Å²) in [5, 5.41) is 4.26. The summed E-state index contributed by atoms with van der Waals surface area (Å²) >= 11 is 0. The minimum Gasteiger partial charge on any atom is -0.481 e. The maximum atomic E-state index is 7.16. The van der Waals surface area contributed by atoms with Crippen LogP contribution in [-0.2, 0) is 13.0 Å². The monoisotopic (exact) mass is 370 g/mol. The third-order valence-electron chi connectivity index (χ3n) is 4.45. The van der Waals surface area contributed by atoms with Crippen LogP contribution in [0.4, 0.5) is 11.5 Å². The molecular formula is C21H18N6O. The second-order valence-corrected chi connectivity index (χ2v) is 6.27. The molecule has 0 aromatic carbocycles. The van der Waals surface area contributed by atoms with E-state index in [-0.39, 0.29) is 0 Å². The number of ether oxygens (including phenoxy) is 1. The summed E-state index contributed by atoms with van der Waals surface area (Å²) in [5.74, 6) is 1.39. The second kappa shape index (κ2) is 7.76. The molecule has 0 unspecified atom stereocenters. The van der Waals surface area contributed by atoms with E-state index in [4.69, 9.17) is 11.3 Å². The number of pyridine rings is 3. The highest BCUT2D eigenvalue weighted by Crippen LogP contribution is 2.24. The minimum absolute atomic E-state index is 0.539. The van der Waals surface area contributed by atoms with Gasteiger partial charge in [-0.2, -0.15) is 0 Å². The fraction of sp³-hybridized carbons (Fsp3) is 0.143. The van der Waals surface area contributed by atoms with Gasteiger partial charge in [-0.1, -0.05) is 12.1 Å². The average Bonchev–Trinajstić information content (AvgIpc) is 3.15. The van der Waals surface area contributed by atoms with Crippen molar-refractivity contribution in [1.82, 2.24) is 19.9 Å². The zero-order valence-electron chi connectivity index (χ0n) is 15.3. The molecule has 7 nitrogen and oxygen atoms in total. The highest BCUT2D eigenvalue weighted by Gasteiger charge is 2.08. The van der Waals surface area contributed by atoms with E-state index in [0.29, 0.717) is 24.5 Å². The number of aromatic nitrogens is 4. The molecule has 28 heavy (non-hydrogen) atoms. The van der Waals surface area contributed by atoms with Crippen LogP contribution in [0.1, 0.15) is 16.7 Å². The molecule has 0 amide bonds. The predicted molar refractivity (Wildman–Crippen MR) is 108 cm³/mol. The Morgan fingerprint density at radius 3 is 2.86 bits per heavy atom. The first-order valence-electron chi connectivity index (χ1n) is 8.77. The number of H-pyrrole nitrogens is 1. The quantitative estimate of drug-likeness (QED) is 0.499. The van der Waals surface area contributed by atoms with Crippen molar-refractivity contribution >= 4 is 22.5 Å². The van der Waals surface area contributed by atoms with Gasteiger partial charge in [0.25, 0.3) is 0 Å². The molecule has 2 N–H and O–H groups in total. The highest BCUT2D eigenvalue weighted by molar-refractivity contribution is 5.83. The summed E-state index contributed by atoms with van der Waals surface area (Å²) < 4.78 is 5.27. The standard InChI is InChI=1S/C21H18N6O/c1-22-17-9-18-16(12-26-20(18)27-13-17)8-14-5-6-19(24-10-14)25-11-15-4-3-7-23-21(15)28-2/h3-7,9-10,12-13H,8,11H2,2H3,(H,24,25)(H,26,27). The SMILES string of the molecule is [C-]#[N+]c1cnc2[nH]cc(Cc3ccc(NCc4cccnc4OC)nc3)c2c1. The minimum atomic E-state index is 0.539. The van der Waals surface area contributed by atoms with Gasteiger partial charge in [0, 0.05) is 48.7 Å². The molecule has 0 aliphatic heterocycles. The topological polar surface area (TPSA) is 80.1 Å². The van der Waals surface area contributed by atoms with E-state index in [2.05, 4.69) is 30.1 Å². The molecule has 0 bridgehead atoms. The molecule has 0 atom stereocenters. The van der Waals surface area contributed by atoms with Gasteiger partial charge in [-0.25, -0.2) is 14.8 Å². The van der Waals surface area contributed by atoms with Gasteiger partial charge >= 0.3 is 0 Å². The van der Waals surface area contributed by atoms with Crippen molar-refractivity contribution in [3.05, 3.63) is 83.2 Å². The van der Waals surface area contributed by atoms with E-state index in [1.165, 1.54) is 0 Å². The first-order valence-corrected chi connectivity index (χ1v) is 8.77. The third-order valence-corrected chi connectivity index (χ3v) is 4.45. The van der Waals surface area contributed by atoms with Gasteiger partial charge in [-0.15, -0.1) is 0 Å². The number of methoxy groups -OCH3 is 1. The summed E-state index contributed by atoms with van der Waals surface area (Å²) in [6.45, 7) is 7.74. The van der Waals surface area contributed by atoms with E-state index < -0.39 is 0 Å². The first-order chi connectivity index (χ1) is 13.8. The van der Waals surface area contributed by atoms with Gasteiger partial charge in [0.15, 0.2) is 0 Å². The average molecular weight is 370 g/mol. The smallest absolute Gasteiger partial charge is 0.218 e. The molecule has 138 valence electrons. The molecule has 0 radical (unpaired) electrons. The lowest BCUT2D eigenvalue weighted by atomic mass is 10.1. The van der Waals surface area contributed by atoms with Gasteiger partial charge in [0.05, 0.1) is 13.7 Å². The van der Waals surface area contributed by atoms with Crippen LogP contribution in [0.3, 0.4) is 0 Å². The van der Waals surface area contributed by atoms with Gasteiger partial charge in [-0.3, -0.25) is 4.98 Å². The van der Waals surface area contributed by atoms with Crippen molar-refractivity contribution in [3.8, 4) is 5.88 Å². The Kier molecular flexibility index (Phi) is 4.85. The third kappa shape index (κ3) is 3.62. The molecule has 0 spiro atoms. The van der Waals surface area contributed by atoms with Gasteiger partial charge in [0.2, 0.25) is 11.6 Å². The number of rotatable bonds is 6. The maximum absolute atomic E-state index is 7.16. The summed E-state index contributed by atoms with van der Waals surface area (Å²) in [4.78, 5) is 19.6. The van der Waals surface area contributed by atoms with E-state index in [1.807, 2.05) is 42.7 Å². The van der Waals surface area contributed by atoms with Crippen LogP contribution in [0, 0.1) is 6.57 Å². The van der Waals surface area contributed by atoms with Crippen molar-refractivity contribution in [3.63, 3.8) is 0 Å². The molecule has 4 heterocycles. The van der Waals surface area contributed by atoms with Crippen LogP contribution in [0.2, 0.25) is 0 Å². The van der Waals surface area contributed by atoms with Crippen LogP contribution in [-0.4, -0.2) is 27.0 Å². The van der Waals surface area contributed by atoms with Crippen LogP contribution in [0.25, 0.3) is 15.9 Å². The fourth-order valence-electron chi connectivity index (χ4n) is 3.04. The number of fused-ring (bicyclic) bond motifs is 1. The zero-order chi connectivity index (χ0) is 19.3. The van der Waals surface area contributed by atoms with E-state index in [0.717, 1.165) is 33.5 Å². The largest absolute Gasteiger partial charge is 0.481 e. The zero-order valence-corrected chi connectivity index (χ0v) is 15.3. The molecule has 4 rings (SSSR count). The van der Waals surface area contributed by atoms with Crippen molar-refractivity contribution in [2.75, 3.05) is 12.4 Å². The molecule has 0 aliphatic rings. The van der Waals surface area contributed by atoms with Crippen LogP contribution in [0.15, 0.2) is 55.1 Å². The molecule has 0 aliphatic carbocycles.